The number of benzene rings is 1. The van der Waals surface area contributed by atoms with Crippen molar-refractivity contribution < 1.29 is 22.7 Å². The van der Waals surface area contributed by atoms with Crippen LogP contribution >= 0.6 is 0 Å². The highest BCUT2D eigenvalue weighted by Crippen LogP contribution is 2.12. The standard InChI is InChI=1S/C13H15NO5S/c1-18-13(15)10-20(16,17)9-8-19-12-4-2-11(3-5-12)6-7-14/h2-5H,6,8-10H2,1H3. The summed E-state index contributed by atoms with van der Waals surface area (Å²) in [6.45, 7) is -0.0447. The lowest BCUT2D eigenvalue weighted by Gasteiger charge is -2.07. The van der Waals surface area contributed by atoms with Crippen LogP contribution in [0.5, 0.6) is 5.75 Å². The van der Waals surface area contributed by atoms with Crippen molar-refractivity contribution in [2.75, 3.05) is 25.2 Å². The third-order valence-electron chi connectivity index (χ3n) is 2.44. The molecule has 0 fully saturated rings. The van der Waals surface area contributed by atoms with Gasteiger partial charge < -0.3 is 9.47 Å². The van der Waals surface area contributed by atoms with Gasteiger partial charge in [-0.2, -0.15) is 5.26 Å². The summed E-state index contributed by atoms with van der Waals surface area (Å²) in [5.74, 6) is -1.18. The number of nitrogens with zero attached hydrogens (tertiary/aromatic N) is 1. The summed E-state index contributed by atoms with van der Waals surface area (Å²) in [5, 5.41) is 8.53. The average molecular weight is 297 g/mol. The van der Waals surface area contributed by atoms with E-state index in [2.05, 4.69) is 4.74 Å². The summed E-state index contributed by atoms with van der Waals surface area (Å²) in [4.78, 5) is 10.9. The summed E-state index contributed by atoms with van der Waals surface area (Å²) in [7, 11) is -2.39. The van der Waals surface area contributed by atoms with Gasteiger partial charge in [0.05, 0.1) is 25.4 Å². The van der Waals surface area contributed by atoms with Crippen molar-refractivity contribution in [2.45, 2.75) is 6.42 Å². The summed E-state index contributed by atoms with van der Waals surface area (Å²) in [5.41, 5.74) is 0.859. The molecule has 0 aromatic heterocycles. The zero-order valence-corrected chi connectivity index (χ0v) is 11.9. The van der Waals surface area contributed by atoms with E-state index >= 15 is 0 Å². The quantitative estimate of drug-likeness (QED) is 0.688. The molecule has 0 aliphatic heterocycles. The van der Waals surface area contributed by atoms with E-state index in [1.165, 1.54) is 0 Å². The second kappa shape index (κ2) is 7.50. The summed E-state index contributed by atoms with van der Waals surface area (Å²) in [6.07, 6.45) is 0.313. The van der Waals surface area contributed by atoms with Gasteiger partial charge in [0.1, 0.15) is 18.1 Å². The molecular weight excluding hydrogens is 282 g/mol. The molecule has 20 heavy (non-hydrogen) atoms. The number of sulfone groups is 1. The van der Waals surface area contributed by atoms with Gasteiger partial charge in [-0.1, -0.05) is 12.1 Å². The molecule has 0 saturated heterocycles. The van der Waals surface area contributed by atoms with E-state index in [4.69, 9.17) is 10.00 Å². The maximum absolute atomic E-state index is 11.5. The van der Waals surface area contributed by atoms with Crippen LogP contribution in [-0.2, 0) is 25.8 Å². The molecule has 0 aliphatic rings. The van der Waals surface area contributed by atoms with Gasteiger partial charge >= 0.3 is 5.97 Å². The number of esters is 1. The fourth-order valence-electron chi connectivity index (χ4n) is 1.39. The van der Waals surface area contributed by atoms with Gasteiger partial charge in [0.2, 0.25) is 0 Å². The lowest BCUT2D eigenvalue weighted by molar-refractivity contribution is -0.137. The van der Waals surface area contributed by atoms with Gasteiger partial charge in [-0.15, -0.1) is 0 Å². The topological polar surface area (TPSA) is 93.5 Å². The maximum Gasteiger partial charge on any atom is 0.320 e. The van der Waals surface area contributed by atoms with E-state index in [0.29, 0.717) is 12.2 Å². The number of carbonyl (C=O) groups excluding carboxylic acids is 1. The predicted molar refractivity (Wildman–Crippen MR) is 71.9 cm³/mol. The number of hydrogen-bond donors (Lipinski definition) is 0. The summed E-state index contributed by atoms with van der Waals surface area (Å²) in [6, 6.07) is 8.83. The molecule has 1 aromatic carbocycles. The normalized spacial score (nSPS) is 10.6. The molecule has 0 spiro atoms. The van der Waals surface area contributed by atoms with E-state index in [9.17, 15) is 13.2 Å². The second-order valence-electron chi connectivity index (χ2n) is 4.00. The third-order valence-corrected chi connectivity index (χ3v) is 3.90. The fourth-order valence-corrected chi connectivity index (χ4v) is 2.35. The minimum absolute atomic E-state index is 0.0447. The van der Waals surface area contributed by atoms with Crippen LogP contribution in [0.1, 0.15) is 5.56 Å². The van der Waals surface area contributed by atoms with Gasteiger partial charge in [0, 0.05) is 0 Å². The molecule has 0 aliphatic carbocycles. The van der Waals surface area contributed by atoms with E-state index < -0.39 is 21.6 Å². The average Bonchev–Trinajstić information content (AvgIpc) is 2.40. The van der Waals surface area contributed by atoms with Crippen molar-refractivity contribution in [2.24, 2.45) is 0 Å². The van der Waals surface area contributed by atoms with Crippen molar-refractivity contribution in [3.05, 3.63) is 29.8 Å². The van der Waals surface area contributed by atoms with Crippen LogP contribution in [0.25, 0.3) is 0 Å². The SMILES string of the molecule is COC(=O)CS(=O)(=O)CCOc1ccc(CC#N)cc1. The van der Waals surface area contributed by atoms with Crippen molar-refractivity contribution in [1.82, 2.24) is 0 Å². The molecule has 6 nitrogen and oxygen atoms in total. The molecule has 7 heteroatoms. The Balaban J connectivity index is 2.44. The van der Waals surface area contributed by atoms with Gasteiger partial charge in [-0.3, -0.25) is 4.79 Å². The van der Waals surface area contributed by atoms with Gasteiger partial charge in [-0.05, 0) is 17.7 Å². The van der Waals surface area contributed by atoms with Crippen molar-refractivity contribution in [1.29, 1.82) is 5.26 Å². The number of methoxy groups -OCH3 is 1. The molecule has 0 unspecified atom stereocenters. The zero-order valence-electron chi connectivity index (χ0n) is 11.0. The van der Waals surface area contributed by atoms with E-state index in [0.717, 1.165) is 12.7 Å². The molecule has 0 amide bonds. The first-order valence-electron chi connectivity index (χ1n) is 5.83. The van der Waals surface area contributed by atoms with Crippen LogP contribution in [0.3, 0.4) is 0 Å². The lowest BCUT2D eigenvalue weighted by atomic mass is 10.2. The number of carbonyl (C=O) groups is 1. The smallest absolute Gasteiger partial charge is 0.320 e. The first-order chi connectivity index (χ1) is 9.46. The number of nitriles is 1. The Labute approximate surface area is 117 Å². The van der Waals surface area contributed by atoms with E-state index in [1.807, 2.05) is 6.07 Å². The Morgan fingerprint density at radius 1 is 1.30 bits per heavy atom. The first kappa shape index (κ1) is 16.0. The minimum atomic E-state index is -3.52. The van der Waals surface area contributed by atoms with Gasteiger partial charge in [0.15, 0.2) is 9.84 Å². The molecule has 0 bridgehead atoms. The number of rotatable bonds is 7. The number of ether oxygens (including phenoxy) is 2. The Morgan fingerprint density at radius 2 is 1.95 bits per heavy atom. The van der Waals surface area contributed by atoms with E-state index in [-0.39, 0.29) is 12.4 Å². The molecule has 0 N–H and O–H groups in total. The summed E-state index contributed by atoms with van der Waals surface area (Å²) >= 11 is 0. The molecular formula is C13H15NO5S. The molecule has 1 aromatic rings. The molecule has 108 valence electrons. The van der Waals surface area contributed by atoms with Crippen LogP contribution in [0.4, 0.5) is 0 Å². The Kier molecular flexibility index (Phi) is 6.00. The minimum Gasteiger partial charge on any atom is -0.493 e. The molecule has 0 heterocycles. The highest BCUT2D eigenvalue weighted by molar-refractivity contribution is 7.92. The lowest BCUT2D eigenvalue weighted by Crippen LogP contribution is -2.23. The van der Waals surface area contributed by atoms with Crippen molar-refractivity contribution in [3.63, 3.8) is 0 Å². The largest absolute Gasteiger partial charge is 0.493 e. The Morgan fingerprint density at radius 3 is 2.50 bits per heavy atom. The maximum atomic E-state index is 11.5. The second-order valence-corrected chi connectivity index (χ2v) is 6.18. The first-order valence-corrected chi connectivity index (χ1v) is 7.65. The van der Waals surface area contributed by atoms with Gasteiger partial charge in [0.25, 0.3) is 0 Å². The van der Waals surface area contributed by atoms with Crippen molar-refractivity contribution in [3.8, 4) is 11.8 Å². The Hall–Kier alpha value is -2.07. The van der Waals surface area contributed by atoms with Crippen molar-refractivity contribution >= 4 is 15.8 Å². The molecule has 0 atom stereocenters. The third kappa shape index (κ3) is 5.71. The van der Waals surface area contributed by atoms with Crippen LogP contribution in [-0.4, -0.2) is 39.6 Å². The molecule has 1 rings (SSSR count). The van der Waals surface area contributed by atoms with Crippen LogP contribution in [0.15, 0.2) is 24.3 Å². The molecule has 0 radical (unpaired) electrons. The monoisotopic (exact) mass is 297 g/mol. The van der Waals surface area contributed by atoms with Crippen LogP contribution in [0, 0.1) is 11.3 Å². The van der Waals surface area contributed by atoms with Crippen LogP contribution < -0.4 is 4.74 Å². The predicted octanol–water partition coefficient (Wildman–Crippen LogP) is 0.719. The zero-order chi connectivity index (χ0) is 15.0. The molecule has 0 saturated carbocycles. The highest BCUT2D eigenvalue weighted by Gasteiger charge is 2.17. The van der Waals surface area contributed by atoms with E-state index in [1.54, 1.807) is 24.3 Å². The number of hydrogen-bond acceptors (Lipinski definition) is 6. The van der Waals surface area contributed by atoms with Crippen LogP contribution in [0.2, 0.25) is 0 Å². The fraction of sp³-hybridized carbons (Fsp3) is 0.385. The highest BCUT2D eigenvalue weighted by atomic mass is 32.2. The van der Waals surface area contributed by atoms with Gasteiger partial charge in [-0.25, -0.2) is 8.42 Å². The summed E-state index contributed by atoms with van der Waals surface area (Å²) < 4.78 is 32.6. The Bertz CT molecular complexity index is 586.